The molecule has 0 aliphatic heterocycles. The summed E-state index contributed by atoms with van der Waals surface area (Å²) in [6.45, 7) is 5.55. The average molecular weight is 354 g/mol. The van der Waals surface area contributed by atoms with Crippen LogP contribution in [0.15, 0.2) is 28.7 Å². The number of halogens is 1. The minimum atomic E-state index is 0.615. The predicted octanol–water partition coefficient (Wildman–Crippen LogP) is 6.11. The highest BCUT2D eigenvalue weighted by Crippen LogP contribution is 2.19. The van der Waals surface area contributed by atoms with E-state index in [1.54, 1.807) is 0 Å². The van der Waals surface area contributed by atoms with Crippen LogP contribution in [0.4, 0.5) is 0 Å². The van der Waals surface area contributed by atoms with Gasteiger partial charge in [0.2, 0.25) is 0 Å². The van der Waals surface area contributed by atoms with Gasteiger partial charge in [-0.25, -0.2) is 0 Å². The van der Waals surface area contributed by atoms with Crippen molar-refractivity contribution in [2.24, 2.45) is 0 Å². The van der Waals surface area contributed by atoms with Crippen molar-refractivity contribution in [2.75, 3.05) is 6.54 Å². The molecular weight excluding hydrogens is 322 g/mol. The highest BCUT2D eigenvalue weighted by atomic mass is 79.9. The van der Waals surface area contributed by atoms with Gasteiger partial charge in [0.25, 0.3) is 0 Å². The zero-order valence-corrected chi connectivity index (χ0v) is 15.4. The van der Waals surface area contributed by atoms with Gasteiger partial charge in [-0.2, -0.15) is 0 Å². The lowest BCUT2D eigenvalue weighted by atomic mass is 9.99. The van der Waals surface area contributed by atoms with Crippen molar-refractivity contribution in [1.82, 2.24) is 5.32 Å². The predicted molar refractivity (Wildman–Crippen MR) is 97.9 cm³/mol. The fourth-order valence-corrected chi connectivity index (χ4v) is 3.29. The molecule has 0 aromatic heterocycles. The van der Waals surface area contributed by atoms with Gasteiger partial charge in [0, 0.05) is 10.5 Å². The van der Waals surface area contributed by atoms with Gasteiger partial charge in [-0.3, -0.25) is 0 Å². The van der Waals surface area contributed by atoms with E-state index in [-0.39, 0.29) is 0 Å². The molecule has 21 heavy (non-hydrogen) atoms. The quantitative estimate of drug-likeness (QED) is 0.447. The fourth-order valence-electron chi connectivity index (χ4n) is 2.84. The van der Waals surface area contributed by atoms with E-state index in [1.807, 2.05) is 0 Å². The number of likely N-dealkylation sites (N-methyl/N-ethyl adjacent to an activating group) is 1. The highest BCUT2D eigenvalue weighted by Gasteiger charge is 2.10. The second kappa shape index (κ2) is 12.2. The molecule has 1 unspecified atom stereocenters. The summed E-state index contributed by atoms with van der Waals surface area (Å²) in [7, 11) is 0. The number of nitrogens with one attached hydrogen (secondary N) is 1. The molecule has 0 radical (unpaired) electrons. The molecule has 0 heterocycles. The van der Waals surface area contributed by atoms with Gasteiger partial charge >= 0.3 is 0 Å². The molecule has 0 saturated heterocycles. The van der Waals surface area contributed by atoms with Gasteiger partial charge in [-0.15, -0.1) is 0 Å². The fraction of sp³-hybridized carbons (Fsp3) is 0.684. The van der Waals surface area contributed by atoms with Crippen molar-refractivity contribution in [3.63, 3.8) is 0 Å². The van der Waals surface area contributed by atoms with Crippen LogP contribution >= 0.6 is 15.9 Å². The molecule has 0 saturated carbocycles. The van der Waals surface area contributed by atoms with Crippen LogP contribution in [-0.4, -0.2) is 12.6 Å². The van der Waals surface area contributed by atoms with Crippen molar-refractivity contribution in [3.05, 3.63) is 34.3 Å². The Morgan fingerprint density at radius 2 is 1.62 bits per heavy atom. The SMILES string of the molecule is CCCCCCCCCC(Cc1ccccc1Br)NCC. The summed E-state index contributed by atoms with van der Waals surface area (Å²) < 4.78 is 1.24. The van der Waals surface area contributed by atoms with E-state index in [9.17, 15) is 0 Å². The van der Waals surface area contributed by atoms with Crippen LogP contribution in [0, 0.1) is 0 Å². The number of benzene rings is 1. The van der Waals surface area contributed by atoms with Gasteiger partial charge in [0.1, 0.15) is 0 Å². The summed E-state index contributed by atoms with van der Waals surface area (Å²) >= 11 is 3.67. The van der Waals surface area contributed by atoms with E-state index in [1.165, 1.54) is 61.4 Å². The third-order valence-corrected chi connectivity index (χ3v) is 4.85. The van der Waals surface area contributed by atoms with Gasteiger partial charge < -0.3 is 5.32 Å². The highest BCUT2D eigenvalue weighted by molar-refractivity contribution is 9.10. The summed E-state index contributed by atoms with van der Waals surface area (Å²) in [5, 5.41) is 3.65. The number of hydrogen-bond acceptors (Lipinski definition) is 1. The number of hydrogen-bond donors (Lipinski definition) is 1. The molecule has 1 nitrogen and oxygen atoms in total. The number of unbranched alkanes of at least 4 members (excludes halogenated alkanes) is 6. The Morgan fingerprint density at radius 1 is 0.952 bits per heavy atom. The molecule has 0 spiro atoms. The minimum Gasteiger partial charge on any atom is -0.314 e. The Balaban J connectivity index is 2.25. The van der Waals surface area contributed by atoms with Crippen LogP contribution < -0.4 is 5.32 Å². The Kier molecular flexibility index (Phi) is 10.9. The van der Waals surface area contributed by atoms with Gasteiger partial charge in [-0.05, 0) is 31.0 Å². The normalized spacial score (nSPS) is 12.5. The lowest BCUT2D eigenvalue weighted by molar-refractivity contribution is 0.458. The smallest absolute Gasteiger partial charge is 0.0207 e. The Bertz CT molecular complexity index is 364. The summed E-state index contributed by atoms with van der Waals surface area (Å²) in [6.07, 6.45) is 12.2. The molecule has 1 N–H and O–H groups in total. The van der Waals surface area contributed by atoms with Gasteiger partial charge in [0.15, 0.2) is 0 Å². The van der Waals surface area contributed by atoms with Crippen LogP contribution in [-0.2, 0) is 6.42 Å². The van der Waals surface area contributed by atoms with Gasteiger partial charge in [0.05, 0.1) is 0 Å². The standard InChI is InChI=1S/C19H32BrN/c1-3-5-6-7-8-9-10-14-18(21-4-2)16-17-13-11-12-15-19(17)20/h11-13,15,18,21H,3-10,14,16H2,1-2H3. The van der Waals surface area contributed by atoms with E-state index in [4.69, 9.17) is 0 Å². The first kappa shape index (κ1) is 18.7. The topological polar surface area (TPSA) is 12.0 Å². The minimum absolute atomic E-state index is 0.615. The molecular formula is C19H32BrN. The first-order valence-corrected chi connectivity index (χ1v) is 9.54. The lowest BCUT2D eigenvalue weighted by Gasteiger charge is -2.18. The molecule has 0 fully saturated rings. The van der Waals surface area contributed by atoms with Crippen molar-refractivity contribution >= 4 is 15.9 Å². The summed E-state index contributed by atoms with van der Waals surface area (Å²) in [6, 6.07) is 9.22. The van der Waals surface area contributed by atoms with Crippen LogP contribution in [0.1, 0.15) is 70.8 Å². The maximum atomic E-state index is 3.67. The van der Waals surface area contributed by atoms with Crippen molar-refractivity contribution < 1.29 is 0 Å². The molecule has 1 rings (SSSR count). The summed E-state index contributed by atoms with van der Waals surface area (Å²) in [5.74, 6) is 0. The summed E-state index contributed by atoms with van der Waals surface area (Å²) in [5.41, 5.74) is 1.42. The van der Waals surface area contributed by atoms with Crippen LogP contribution in [0.5, 0.6) is 0 Å². The molecule has 120 valence electrons. The Hall–Kier alpha value is -0.340. The van der Waals surface area contributed by atoms with E-state index in [0.29, 0.717) is 6.04 Å². The van der Waals surface area contributed by atoms with Crippen molar-refractivity contribution in [2.45, 2.75) is 77.7 Å². The Labute approximate surface area is 140 Å². The first-order valence-electron chi connectivity index (χ1n) is 8.74. The molecule has 0 aliphatic rings. The van der Waals surface area contributed by atoms with E-state index in [2.05, 4.69) is 59.4 Å². The largest absolute Gasteiger partial charge is 0.314 e. The molecule has 0 amide bonds. The maximum Gasteiger partial charge on any atom is 0.0207 e. The molecule has 0 aliphatic carbocycles. The third-order valence-electron chi connectivity index (χ3n) is 4.07. The van der Waals surface area contributed by atoms with Crippen molar-refractivity contribution in [3.8, 4) is 0 Å². The van der Waals surface area contributed by atoms with Crippen LogP contribution in [0.3, 0.4) is 0 Å². The van der Waals surface area contributed by atoms with E-state index < -0.39 is 0 Å². The monoisotopic (exact) mass is 353 g/mol. The second-order valence-electron chi connectivity index (χ2n) is 5.96. The number of rotatable bonds is 12. The third kappa shape index (κ3) is 8.63. The zero-order valence-electron chi connectivity index (χ0n) is 13.8. The maximum absolute atomic E-state index is 3.67. The Morgan fingerprint density at radius 3 is 2.29 bits per heavy atom. The molecule has 2 heteroatoms. The summed E-state index contributed by atoms with van der Waals surface area (Å²) in [4.78, 5) is 0. The average Bonchev–Trinajstić information content (AvgIpc) is 2.48. The van der Waals surface area contributed by atoms with E-state index >= 15 is 0 Å². The lowest BCUT2D eigenvalue weighted by Crippen LogP contribution is -2.31. The second-order valence-corrected chi connectivity index (χ2v) is 6.81. The van der Waals surface area contributed by atoms with Crippen LogP contribution in [0.25, 0.3) is 0 Å². The molecule has 1 aromatic rings. The zero-order chi connectivity index (χ0) is 15.3. The van der Waals surface area contributed by atoms with Crippen LogP contribution in [0.2, 0.25) is 0 Å². The molecule has 1 aromatic carbocycles. The molecule has 1 atom stereocenters. The first-order chi connectivity index (χ1) is 10.3. The van der Waals surface area contributed by atoms with Crippen molar-refractivity contribution in [1.29, 1.82) is 0 Å². The van der Waals surface area contributed by atoms with E-state index in [0.717, 1.165) is 13.0 Å². The van der Waals surface area contributed by atoms with Gasteiger partial charge in [-0.1, -0.05) is 92.9 Å². The molecule has 0 bridgehead atoms.